The van der Waals surface area contributed by atoms with Crippen molar-refractivity contribution in [1.29, 1.82) is 0 Å². The zero-order valence-electron chi connectivity index (χ0n) is 20.0. The third kappa shape index (κ3) is 5.72. The summed E-state index contributed by atoms with van der Waals surface area (Å²) in [5.74, 6) is 0.295. The predicted molar refractivity (Wildman–Crippen MR) is 131 cm³/mol. The minimum absolute atomic E-state index is 0.178. The molecule has 4 rings (SSSR count). The average Bonchev–Trinajstić information content (AvgIpc) is 3.57. The van der Waals surface area contributed by atoms with Crippen LogP contribution in [0.15, 0.2) is 76.4 Å². The van der Waals surface area contributed by atoms with Crippen molar-refractivity contribution in [1.82, 2.24) is 9.91 Å². The van der Waals surface area contributed by atoms with Crippen molar-refractivity contribution in [2.45, 2.75) is 12.5 Å². The molecule has 1 N–H and O–H groups in total. The van der Waals surface area contributed by atoms with Crippen LogP contribution in [-0.2, 0) is 9.53 Å². The van der Waals surface area contributed by atoms with E-state index in [4.69, 9.17) is 13.9 Å². The topological polar surface area (TPSA) is 96.6 Å². The van der Waals surface area contributed by atoms with Gasteiger partial charge in [-0.2, -0.15) is 5.10 Å². The molecule has 188 valence electrons. The van der Waals surface area contributed by atoms with Crippen LogP contribution >= 0.6 is 0 Å². The Hall–Kier alpha value is -4.18. The number of para-hydroxylation sites is 2. The number of benzene rings is 2. The quantitative estimate of drug-likeness (QED) is 0.479. The molecule has 0 spiro atoms. The molecule has 3 amide bonds. The Morgan fingerprint density at radius 3 is 2.61 bits per heavy atom. The number of nitrogens with zero attached hydrogens (tertiary/aromatic N) is 3. The number of halogens is 1. The van der Waals surface area contributed by atoms with Gasteiger partial charge in [-0.3, -0.25) is 4.79 Å². The zero-order chi connectivity index (χ0) is 25.5. The van der Waals surface area contributed by atoms with Gasteiger partial charge >= 0.3 is 6.03 Å². The minimum atomic E-state index is -0.492. The predicted octanol–water partition coefficient (Wildman–Crippen LogP) is 4.29. The average molecular weight is 495 g/mol. The van der Waals surface area contributed by atoms with Crippen LogP contribution in [0.3, 0.4) is 0 Å². The van der Waals surface area contributed by atoms with Crippen LogP contribution in [0.2, 0.25) is 0 Å². The molecule has 1 atom stereocenters. The fourth-order valence-corrected chi connectivity index (χ4v) is 3.89. The molecule has 10 heteroatoms. The number of ether oxygens (including phenoxy) is 2. The van der Waals surface area contributed by atoms with Gasteiger partial charge in [-0.15, -0.1) is 0 Å². The molecule has 0 fully saturated rings. The smallest absolute Gasteiger partial charge is 0.322 e. The van der Waals surface area contributed by atoms with E-state index in [1.807, 2.05) is 0 Å². The molecule has 9 nitrogen and oxygen atoms in total. The molecule has 2 aromatic carbocycles. The summed E-state index contributed by atoms with van der Waals surface area (Å²) in [6, 6.07) is 15.5. The highest BCUT2D eigenvalue weighted by molar-refractivity contribution is 6.03. The Kier molecular flexibility index (Phi) is 7.96. The number of amides is 3. The third-order valence-corrected chi connectivity index (χ3v) is 5.74. The largest absolute Gasteiger partial charge is 0.495 e. The van der Waals surface area contributed by atoms with Gasteiger partial charge in [0, 0.05) is 20.1 Å². The van der Waals surface area contributed by atoms with Gasteiger partial charge in [-0.25, -0.2) is 14.2 Å². The highest BCUT2D eigenvalue weighted by Gasteiger charge is 2.36. The summed E-state index contributed by atoms with van der Waals surface area (Å²) in [5, 5.41) is 8.66. The first kappa shape index (κ1) is 24.9. The summed E-state index contributed by atoms with van der Waals surface area (Å²) in [6.45, 7) is 0.164. The number of hydrogen-bond donors (Lipinski definition) is 1. The molecule has 1 aliphatic heterocycles. The van der Waals surface area contributed by atoms with Gasteiger partial charge in [0.25, 0.3) is 5.91 Å². The molecule has 1 aromatic heterocycles. The van der Waals surface area contributed by atoms with Crippen molar-refractivity contribution in [3.8, 4) is 5.75 Å². The van der Waals surface area contributed by atoms with Crippen LogP contribution in [0.1, 0.15) is 23.8 Å². The molecular formula is C26H27FN4O5. The molecule has 36 heavy (non-hydrogen) atoms. The molecule has 0 saturated carbocycles. The summed E-state index contributed by atoms with van der Waals surface area (Å²) >= 11 is 0. The van der Waals surface area contributed by atoms with Crippen LogP contribution < -0.4 is 10.1 Å². The van der Waals surface area contributed by atoms with Gasteiger partial charge in [0.15, 0.2) is 0 Å². The molecule has 0 saturated heterocycles. The van der Waals surface area contributed by atoms with E-state index in [1.54, 1.807) is 48.5 Å². The van der Waals surface area contributed by atoms with Gasteiger partial charge in [-0.1, -0.05) is 24.3 Å². The molecule has 1 aliphatic rings. The lowest BCUT2D eigenvalue weighted by Gasteiger charge is -2.26. The molecular weight excluding hydrogens is 467 g/mol. The first-order chi connectivity index (χ1) is 17.5. The number of methoxy groups -OCH3 is 2. The fraction of sp³-hybridized carbons (Fsp3) is 0.269. The van der Waals surface area contributed by atoms with Crippen molar-refractivity contribution in [3.63, 3.8) is 0 Å². The number of anilines is 1. The van der Waals surface area contributed by atoms with Gasteiger partial charge < -0.3 is 24.1 Å². The number of carbonyl (C=O) groups excluding carboxylic acids is 2. The monoisotopic (exact) mass is 494 g/mol. The van der Waals surface area contributed by atoms with Crippen LogP contribution in [0.25, 0.3) is 0 Å². The minimum Gasteiger partial charge on any atom is -0.495 e. The van der Waals surface area contributed by atoms with Crippen LogP contribution in [0, 0.1) is 5.82 Å². The van der Waals surface area contributed by atoms with Crippen LogP contribution in [0.5, 0.6) is 5.75 Å². The third-order valence-electron chi connectivity index (χ3n) is 5.74. The van der Waals surface area contributed by atoms with E-state index in [1.165, 1.54) is 42.5 Å². The van der Waals surface area contributed by atoms with E-state index < -0.39 is 18.0 Å². The SMILES string of the molecule is COCCN(CC(=O)N1N=C(c2ccc(F)cc2)C[C@H]1c1ccco1)C(=O)Nc1ccccc1OC. The second-order valence-electron chi connectivity index (χ2n) is 8.07. The fourth-order valence-electron chi connectivity index (χ4n) is 3.89. The molecule has 0 aliphatic carbocycles. The Bertz CT molecular complexity index is 1210. The number of carbonyl (C=O) groups is 2. The molecule has 3 aromatic rings. The maximum atomic E-state index is 13.5. The number of furan rings is 1. The standard InChI is InChI=1S/C26H27FN4O5/c1-34-15-13-30(26(33)28-20-6-3-4-7-23(20)35-2)17-25(32)31-22(24-8-5-14-36-24)16-21(29-31)18-9-11-19(27)12-10-18/h3-12,14,22H,13,15-17H2,1-2H3,(H,28,33)/t22-/m0/s1. The normalized spacial score (nSPS) is 14.9. The lowest BCUT2D eigenvalue weighted by atomic mass is 10.0. The Morgan fingerprint density at radius 1 is 1.14 bits per heavy atom. The van der Waals surface area contributed by atoms with Gasteiger partial charge in [0.1, 0.15) is 29.9 Å². The van der Waals surface area contributed by atoms with Crippen molar-refractivity contribution >= 4 is 23.3 Å². The molecule has 0 bridgehead atoms. The summed E-state index contributed by atoms with van der Waals surface area (Å²) in [5.41, 5.74) is 1.80. The number of hydrazone groups is 1. The van der Waals surface area contributed by atoms with Crippen molar-refractivity contribution < 1.29 is 27.9 Å². The van der Waals surface area contributed by atoms with Crippen molar-refractivity contribution in [2.75, 3.05) is 39.2 Å². The Balaban J connectivity index is 1.55. The van der Waals surface area contributed by atoms with E-state index in [0.29, 0.717) is 34.9 Å². The van der Waals surface area contributed by atoms with Gasteiger partial charge in [-0.05, 0) is 42.0 Å². The summed E-state index contributed by atoms with van der Waals surface area (Å²) < 4.78 is 29.4. The van der Waals surface area contributed by atoms with E-state index in [-0.39, 0.29) is 25.5 Å². The highest BCUT2D eigenvalue weighted by atomic mass is 19.1. The second-order valence-corrected chi connectivity index (χ2v) is 8.07. The van der Waals surface area contributed by atoms with E-state index in [2.05, 4.69) is 10.4 Å². The molecule has 0 unspecified atom stereocenters. The van der Waals surface area contributed by atoms with Crippen molar-refractivity contribution in [3.05, 3.63) is 84.1 Å². The zero-order valence-corrected chi connectivity index (χ0v) is 20.0. The van der Waals surface area contributed by atoms with Crippen molar-refractivity contribution in [2.24, 2.45) is 5.10 Å². The maximum absolute atomic E-state index is 13.5. The van der Waals surface area contributed by atoms with E-state index in [0.717, 1.165) is 0 Å². The van der Waals surface area contributed by atoms with Crippen LogP contribution in [-0.4, -0.2) is 61.5 Å². The first-order valence-electron chi connectivity index (χ1n) is 11.4. The molecule has 2 heterocycles. The van der Waals surface area contributed by atoms with E-state index in [9.17, 15) is 14.0 Å². The van der Waals surface area contributed by atoms with E-state index >= 15 is 0 Å². The highest BCUT2D eigenvalue weighted by Crippen LogP contribution is 2.33. The first-order valence-corrected chi connectivity index (χ1v) is 11.4. The summed E-state index contributed by atoms with van der Waals surface area (Å²) in [7, 11) is 3.03. The second kappa shape index (κ2) is 11.5. The Morgan fingerprint density at radius 2 is 1.92 bits per heavy atom. The number of nitrogens with one attached hydrogen (secondary N) is 1. The lowest BCUT2D eigenvalue weighted by Crippen LogP contribution is -2.44. The maximum Gasteiger partial charge on any atom is 0.322 e. The number of rotatable bonds is 9. The summed E-state index contributed by atoms with van der Waals surface area (Å²) in [6.07, 6.45) is 1.91. The lowest BCUT2D eigenvalue weighted by molar-refractivity contribution is -0.134. The summed E-state index contributed by atoms with van der Waals surface area (Å²) in [4.78, 5) is 27.9. The van der Waals surface area contributed by atoms with Crippen LogP contribution in [0.4, 0.5) is 14.9 Å². The van der Waals surface area contributed by atoms with Gasteiger partial charge in [0.05, 0.1) is 31.4 Å². The molecule has 0 radical (unpaired) electrons. The number of hydrogen-bond acceptors (Lipinski definition) is 6. The Labute approximate surface area is 208 Å². The number of urea groups is 1. The van der Waals surface area contributed by atoms with Gasteiger partial charge in [0.2, 0.25) is 0 Å².